The van der Waals surface area contributed by atoms with Crippen LogP contribution in [0.4, 0.5) is 0 Å². The standard InChI is InChI=1S/C16H22N2O/c1-16(11-14(16)13-7-3-2-4-8-13)17-12-15(19)18-9-5-6-10-18/h2-4,7-8,14,17H,5-6,9-12H2,1H3/t14-,16+/m1/s1. The maximum atomic E-state index is 12.0. The maximum Gasteiger partial charge on any atom is 0.236 e. The number of hydrogen-bond donors (Lipinski definition) is 1. The van der Waals surface area contributed by atoms with Crippen molar-refractivity contribution in [3.63, 3.8) is 0 Å². The molecule has 0 aromatic heterocycles. The van der Waals surface area contributed by atoms with E-state index in [0.717, 1.165) is 32.4 Å². The van der Waals surface area contributed by atoms with Crippen molar-refractivity contribution in [1.29, 1.82) is 0 Å². The quantitative estimate of drug-likeness (QED) is 0.897. The molecule has 0 unspecified atom stereocenters. The van der Waals surface area contributed by atoms with Gasteiger partial charge in [0.2, 0.25) is 5.91 Å². The van der Waals surface area contributed by atoms with Crippen LogP contribution in [0.3, 0.4) is 0 Å². The third-order valence-corrected chi connectivity index (χ3v) is 4.54. The monoisotopic (exact) mass is 258 g/mol. The van der Waals surface area contributed by atoms with E-state index >= 15 is 0 Å². The van der Waals surface area contributed by atoms with E-state index in [-0.39, 0.29) is 11.4 Å². The molecule has 1 saturated carbocycles. The zero-order valence-corrected chi connectivity index (χ0v) is 11.6. The van der Waals surface area contributed by atoms with Gasteiger partial charge in [0.05, 0.1) is 6.54 Å². The Kier molecular flexibility index (Phi) is 3.31. The fraction of sp³-hybridized carbons (Fsp3) is 0.562. The van der Waals surface area contributed by atoms with Crippen LogP contribution in [-0.4, -0.2) is 36.0 Å². The molecular weight excluding hydrogens is 236 g/mol. The van der Waals surface area contributed by atoms with Gasteiger partial charge in [-0.25, -0.2) is 0 Å². The fourth-order valence-electron chi connectivity index (χ4n) is 3.09. The van der Waals surface area contributed by atoms with Gasteiger partial charge in [-0.1, -0.05) is 30.3 Å². The molecular formula is C16H22N2O. The van der Waals surface area contributed by atoms with Crippen molar-refractivity contribution in [2.45, 2.75) is 37.6 Å². The van der Waals surface area contributed by atoms with Crippen LogP contribution in [0.5, 0.6) is 0 Å². The van der Waals surface area contributed by atoms with Crippen molar-refractivity contribution < 1.29 is 4.79 Å². The third-order valence-electron chi connectivity index (χ3n) is 4.54. The van der Waals surface area contributed by atoms with Gasteiger partial charge in [-0.15, -0.1) is 0 Å². The first kappa shape index (κ1) is 12.7. The number of hydrogen-bond acceptors (Lipinski definition) is 2. The van der Waals surface area contributed by atoms with Gasteiger partial charge in [0, 0.05) is 24.5 Å². The third kappa shape index (κ3) is 2.66. The van der Waals surface area contributed by atoms with Crippen LogP contribution >= 0.6 is 0 Å². The second-order valence-electron chi connectivity index (χ2n) is 6.03. The van der Waals surface area contributed by atoms with Crippen molar-refractivity contribution in [3.8, 4) is 0 Å². The molecule has 2 aliphatic rings. The minimum absolute atomic E-state index is 0.108. The first-order valence-corrected chi connectivity index (χ1v) is 7.27. The van der Waals surface area contributed by atoms with E-state index in [0.29, 0.717) is 12.5 Å². The average molecular weight is 258 g/mol. The van der Waals surface area contributed by atoms with E-state index < -0.39 is 0 Å². The van der Waals surface area contributed by atoms with Gasteiger partial charge in [0.1, 0.15) is 0 Å². The Morgan fingerprint density at radius 2 is 2.00 bits per heavy atom. The van der Waals surface area contributed by atoms with Gasteiger partial charge in [0.15, 0.2) is 0 Å². The van der Waals surface area contributed by atoms with Gasteiger partial charge >= 0.3 is 0 Å². The van der Waals surface area contributed by atoms with E-state index in [2.05, 4.69) is 36.5 Å². The van der Waals surface area contributed by atoms with Crippen LogP contribution in [0.2, 0.25) is 0 Å². The number of rotatable bonds is 4. The Morgan fingerprint density at radius 1 is 1.32 bits per heavy atom. The Bertz CT molecular complexity index is 453. The van der Waals surface area contributed by atoms with E-state index in [1.54, 1.807) is 0 Å². The molecule has 3 nitrogen and oxygen atoms in total. The summed E-state index contributed by atoms with van der Waals surface area (Å²) in [6.07, 6.45) is 3.45. The molecule has 1 heterocycles. The number of amides is 1. The number of nitrogens with zero attached hydrogens (tertiary/aromatic N) is 1. The van der Waals surface area contributed by atoms with Crippen molar-refractivity contribution in [2.24, 2.45) is 0 Å². The zero-order valence-electron chi connectivity index (χ0n) is 11.6. The maximum absolute atomic E-state index is 12.0. The highest BCUT2D eigenvalue weighted by molar-refractivity contribution is 5.78. The number of benzene rings is 1. The van der Waals surface area contributed by atoms with Crippen molar-refractivity contribution >= 4 is 5.91 Å². The normalized spacial score (nSPS) is 29.5. The predicted molar refractivity (Wildman–Crippen MR) is 76.0 cm³/mol. The van der Waals surface area contributed by atoms with Crippen molar-refractivity contribution in [3.05, 3.63) is 35.9 Å². The summed E-state index contributed by atoms with van der Waals surface area (Å²) in [4.78, 5) is 14.0. The molecule has 1 aliphatic heterocycles. The van der Waals surface area contributed by atoms with Crippen LogP contribution in [0, 0.1) is 0 Å². The predicted octanol–water partition coefficient (Wildman–Crippen LogP) is 2.14. The largest absolute Gasteiger partial charge is 0.342 e. The smallest absolute Gasteiger partial charge is 0.236 e. The second kappa shape index (κ2) is 4.97. The summed E-state index contributed by atoms with van der Waals surface area (Å²) in [7, 11) is 0. The number of nitrogens with one attached hydrogen (secondary N) is 1. The molecule has 1 aliphatic carbocycles. The van der Waals surface area contributed by atoms with Crippen molar-refractivity contribution in [1.82, 2.24) is 10.2 Å². The van der Waals surface area contributed by atoms with E-state index in [4.69, 9.17) is 0 Å². The summed E-state index contributed by atoms with van der Waals surface area (Å²) >= 11 is 0. The minimum Gasteiger partial charge on any atom is -0.342 e. The lowest BCUT2D eigenvalue weighted by molar-refractivity contribution is -0.129. The summed E-state index contributed by atoms with van der Waals surface area (Å²) in [5, 5.41) is 3.47. The molecule has 2 atom stereocenters. The highest BCUT2D eigenvalue weighted by Crippen LogP contribution is 2.50. The fourth-order valence-corrected chi connectivity index (χ4v) is 3.09. The Morgan fingerprint density at radius 3 is 2.68 bits per heavy atom. The average Bonchev–Trinajstić information content (AvgIpc) is 2.88. The molecule has 2 fully saturated rings. The Hall–Kier alpha value is -1.35. The molecule has 1 amide bonds. The molecule has 0 spiro atoms. The highest BCUT2D eigenvalue weighted by atomic mass is 16.2. The lowest BCUT2D eigenvalue weighted by Crippen LogP contribution is -2.41. The van der Waals surface area contributed by atoms with E-state index in [1.165, 1.54) is 5.56 Å². The van der Waals surface area contributed by atoms with Gasteiger partial charge in [-0.2, -0.15) is 0 Å². The molecule has 1 saturated heterocycles. The summed E-state index contributed by atoms with van der Waals surface area (Å²) in [5.41, 5.74) is 1.49. The molecule has 0 bridgehead atoms. The zero-order chi connectivity index (χ0) is 13.3. The molecule has 19 heavy (non-hydrogen) atoms. The highest BCUT2D eigenvalue weighted by Gasteiger charge is 2.50. The number of carbonyl (C=O) groups excluding carboxylic acids is 1. The number of likely N-dealkylation sites (tertiary alicyclic amines) is 1. The molecule has 102 valence electrons. The molecule has 1 aromatic carbocycles. The van der Waals surface area contributed by atoms with E-state index in [9.17, 15) is 4.79 Å². The van der Waals surface area contributed by atoms with Gasteiger partial charge in [-0.3, -0.25) is 4.79 Å². The van der Waals surface area contributed by atoms with Crippen LogP contribution in [0.25, 0.3) is 0 Å². The van der Waals surface area contributed by atoms with Gasteiger partial charge < -0.3 is 10.2 Å². The van der Waals surface area contributed by atoms with E-state index in [1.807, 2.05) is 11.0 Å². The molecule has 3 rings (SSSR count). The summed E-state index contributed by atoms with van der Waals surface area (Å²) in [6.45, 7) is 4.60. The Balaban J connectivity index is 1.52. The first-order chi connectivity index (χ1) is 9.19. The second-order valence-corrected chi connectivity index (χ2v) is 6.03. The molecule has 1 aromatic rings. The van der Waals surface area contributed by atoms with Crippen LogP contribution in [0.15, 0.2) is 30.3 Å². The summed E-state index contributed by atoms with van der Waals surface area (Å²) < 4.78 is 0. The summed E-state index contributed by atoms with van der Waals surface area (Å²) in [5.74, 6) is 0.817. The molecule has 1 N–H and O–H groups in total. The van der Waals surface area contributed by atoms with Crippen LogP contribution in [-0.2, 0) is 4.79 Å². The first-order valence-electron chi connectivity index (χ1n) is 7.27. The molecule has 0 radical (unpaired) electrons. The van der Waals surface area contributed by atoms with Crippen LogP contribution < -0.4 is 5.32 Å². The van der Waals surface area contributed by atoms with Crippen LogP contribution in [0.1, 0.15) is 37.7 Å². The van der Waals surface area contributed by atoms with Gasteiger partial charge in [0.25, 0.3) is 0 Å². The minimum atomic E-state index is 0.108. The SMILES string of the molecule is C[C@]1(NCC(=O)N2CCCC2)C[C@@H]1c1ccccc1. The van der Waals surface area contributed by atoms with Gasteiger partial charge in [-0.05, 0) is 31.7 Å². The summed E-state index contributed by atoms with van der Waals surface area (Å²) in [6, 6.07) is 10.6. The van der Waals surface area contributed by atoms with Crippen molar-refractivity contribution in [2.75, 3.05) is 19.6 Å². The lowest BCUT2D eigenvalue weighted by Gasteiger charge is -2.19. The molecule has 3 heteroatoms. The lowest BCUT2D eigenvalue weighted by atomic mass is 10.1. The Labute approximate surface area is 115 Å². The topological polar surface area (TPSA) is 32.3 Å². The number of carbonyl (C=O) groups is 1.